The number of anilines is 1. The van der Waals surface area contributed by atoms with Crippen LogP contribution in [-0.2, 0) is 19.6 Å². The zero-order chi connectivity index (χ0) is 23.3. The molecule has 0 heterocycles. The molecule has 31 heavy (non-hydrogen) atoms. The number of rotatable bonds is 8. The molecular formula is C21H24Cl2N2O5S. The number of esters is 1. The van der Waals surface area contributed by atoms with Gasteiger partial charge in [0.25, 0.3) is 5.91 Å². The van der Waals surface area contributed by atoms with Gasteiger partial charge in [-0.05, 0) is 49.7 Å². The minimum atomic E-state index is -3.75. The van der Waals surface area contributed by atoms with E-state index in [1.165, 1.54) is 41.6 Å². The van der Waals surface area contributed by atoms with Crippen LogP contribution in [0.25, 0.3) is 0 Å². The molecule has 0 spiro atoms. The van der Waals surface area contributed by atoms with Gasteiger partial charge in [-0.15, -0.1) is 0 Å². The lowest BCUT2D eigenvalue weighted by Crippen LogP contribution is -2.31. The van der Waals surface area contributed by atoms with Crippen molar-refractivity contribution in [3.8, 4) is 0 Å². The average molecular weight is 487 g/mol. The molecule has 2 rings (SSSR count). The van der Waals surface area contributed by atoms with Gasteiger partial charge in [0, 0.05) is 18.1 Å². The molecule has 0 aromatic heterocycles. The highest BCUT2D eigenvalue weighted by atomic mass is 35.5. The van der Waals surface area contributed by atoms with E-state index in [0.29, 0.717) is 23.7 Å². The summed E-state index contributed by atoms with van der Waals surface area (Å²) in [5.74, 6) is -1.42. The second-order valence-electron chi connectivity index (χ2n) is 6.73. The van der Waals surface area contributed by atoms with Crippen LogP contribution in [-0.4, -0.2) is 43.8 Å². The molecule has 0 saturated heterocycles. The minimum Gasteiger partial charge on any atom is -0.449 e. The lowest BCUT2D eigenvalue weighted by Gasteiger charge is -2.19. The number of sulfonamides is 1. The Morgan fingerprint density at radius 3 is 2.35 bits per heavy atom. The topological polar surface area (TPSA) is 92.8 Å². The highest BCUT2D eigenvalue weighted by molar-refractivity contribution is 7.89. The summed E-state index contributed by atoms with van der Waals surface area (Å²) in [4.78, 5) is 25.1. The number of hydrogen-bond donors (Lipinski definition) is 1. The number of ether oxygens (including phenoxy) is 1. The van der Waals surface area contributed by atoms with Crippen molar-refractivity contribution in [1.29, 1.82) is 0 Å². The van der Waals surface area contributed by atoms with Gasteiger partial charge in [-0.2, -0.15) is 4.31 Å². The number of benzene rings is 2. The third-order valence-corrected chi connectivity index (χ3v) is 7.22. The molecule has 1 unspecified atom stereocenters. The maximum Gasteiger partial charge on any atom is 0.339 e. The normalized spacial score (nSPS) is 12.5. The zero-order valence-corrected chi connectivity index (χ0v) is 19.9. The Hall–Kier alpha value is -2.13. The quantitative estimate of drug-likeness (QED) is 0.553. The molecule has 168 valence electrons. The Balaban J connectivity index is 2.21. The molecule has 2 aromatic carbocycles. The fourth-order valence-electron chi connectivity index (χ4n) is 2.80. The third kappa shape index (κ3) is 5.98. The summed E-state index contributed by atoms with van der Waals surface area (Å²) in [5.41, 5.74) is 0.869. The van der Waals surface area contributed by atoms with Crippen LogP contribution in [0.4, 0.5) is 5.69 Å². The van der Waals surface area contributed by atoms with Crippen LogP contribution in [0.1, 0.15) is 36.7 Å². The summed E-state index contributed by atoms with van der Waals surface area (Å²) in [7, 11) is -3.75. The Kier molecular flexibility index (Phi) is 8.48. The van der Waals surface area contributed by atoms with E-state index in [1.807, 2.05) is 0 Å². The molecule has 7 nitrogen and oxygen atoms in total. The number of hydrogen-bond acceptors (Lipinski definition) is 5. The van der Waals surface area contributed by atoms with Crippen LogP contribution in [0.2, 0.25) is 10.0 Å². The van der Waals surface area contributed by atoms with Gasteiger partial charge in [0.2, 0.25) is 10.0 Å². The molecule has 1 amide bonds. The Morgan fingerprint density at radius 1 is 1.10 bits per heavy atom. The van der Waals surface area contributed by atoms with E-state index in [4.69, 9.17) is 27.9 Å². The summed E-state index contributed by atoms with van der Waals surface area (Å²) in [5, 5.41) is 3.21. The summed E-state index contributed by atoms with van der Waals surface area (Å²) in [6.07, 6.45) is -1.16. The van der Waals surface area contributed by atoms with Crippen molar-refractivity contribution in [2.75, 3.05) is 18.4 Å². The second kappa shape index (κ2) is 10.5. The molecule has 0 aliphatic rings. The summed E-state index contributed by atoms with van der Waals surface area (Å²) in [6.45, 7) is 7.12. The molecule has 10 heteroatoms. The van der Waals surface area contributed by atoms with Crippen molar-refractivity contribution in [2.45, 2.75) is 38.7 Å². The number of halogens is 2. The van der Waals surface area contributed by atoms with Gasteiger partial charge < -0.3 is 10.1 Å². The molecule has 0 saturated carbocycles. The van der Waals surface area contributed by atoms with E-state index < -0.39 is 28.0 Å². The van der Waals surface area contributed by atoms with E-state index in [0.717, 1.165) is 0 Å². The van der Waals surface area contributed by atoms with Gasteiger partial charge in [-0.25, -0.2) is 13.2 Å². The highest BCUT2D eigenvalue weighted by Crippen LogP contribution is 2.26. The second-order valence-corrected chi connectivity index (χ2v) is 9.51. The first kappa shape index (κ1) is 25.1. The van der Waals surface area contributed by atoms with Crippen LogP contribution in [0.15, 0.2) is 41.3 Å². The summed E-state index contributed by atoms with van der Waals surface area (Å²) >= 11 is 11.9. The van der Waals surface area contributed by atoms with E-state index >= 15 is 0 Å². The van der Waals surface area contributed by atoms with E-state index in [1.54, 1.807) is 26.8 Å². The lowest BCUT2D eigenvalue weighted by molar-refractivity contribution is -0.123. The fourth-order valence-corrected chi connectivity index (χ4v) is 4.62. The first-order valence-electron chi connectivity index (χ1n) is 9.58. The number of aryl methyl sites for hydroxylation is 1. The smallest absolute Gasteiger partial charge is 0.339 e. The van der Waals surface area contributed by atoms with Gasteiger partial charge in [0.1, 0.15) is 0 Å². The monoisotopic (exact) mass is 486 g/mol. The van der Waals surface area contributed by atoms with Gasteiger partial charge in [-0.1, -0.05) is 43.1 Å². The van der Waals surface area contributed by atoms with Crippen LogP contribution in [0, 0.1) is 6.92 Å². The van der Waals surface area contributed by atoms with Gasteiger partial charge in [0.05, 0.1) is 21.2 Å². The molecule has 0 aliphatic carbocycles. The standard InChI is InChI=1S/C21H24Cl2N2O5S/c1-5-25(6-2)31(28,29)16-9-7-13(3)17(12-16)21(27)30-14(4)20(26)24-19-11-15(22)8-10-18(19)23/h7-12,14H,5-6H2,1-4H3,(H,24,26). The number of amides is 1. The Labute approximate surface area is 192 Å². The number of nitrogens with zero attached hydrogens (tertiary/aromatic N) is 1. The van der Waals surface area contributed by atoms with Crippen molar-refractivity contribution >= 4 is 50.8 Å². The predicted octanol–water partition coefficient (Wildman–Crippen LogP) is 4.52. The number of nitrogens with one attached hydrogen (secondary N) is 1. The largest absolute Gasteiger partial charge is 0.449 e. The van der Waals surface area contributed by atoms with Crippen molar-refractivity contribution in [3.63, 3.8) is 0 Å². The molecule has 1 atom stereocenters. The lowest BCUT2D eigenvalue weighted by atomic mass is 10.1. The summed E-state index contributed by atoms with van der Waals surface area (Å²) < 4.78 is 32.1. The zero-order valence-electron chi connectivity index (χ0n) is 17.6. The van der Waals surface area contributed by atoms with Crippen LogP contribution in [0.5, 0.6) is 0 Å². The van der Waals surface area contributed by atoms with E-state index in [2.05, 4.69) is 5.32 Å². The number of carbonyl (C=O) groups excluding carboxylic acids is 2. The molecule has 0 aliphatic heterocycles. The van der Waals surface area contributed by atoms with Gasteiger partial charge >= 0.3 is 5.97 Å². The summed E-state index contributed by atoms with van der Waals surface area (Å²) in [6, 6.07) is 8.82. The average Bonchev–Trinajstić information content (AvgIpc) is 2.71. The van der Waals surface area contributed by atoms with Crippen molar-refractivity contribution < 1.29 is 22.7 Å². The molecular weight excluding hydrogens is 463 g/mol. The maximum absolute atomic E-state index is 12.8. The fraction of sp³-hybridized carbons (Fsp3) is 0.333. The van der Waals surface area contributed by atoms with E-state index in [-0.39, 0.29) is 21.2 Å². The van der Waals surface area contributed by atoms with Crippen molar-refractivity contribution in [1.82, 2.24) is 4.31 Å². The van der Waals surface area contributed by atoms with Gasteiger partial charge in [0.15, 0.2) is 6.10 Å². The molecule has 0 bridgehead atoms. The molecule has 0 fully saturated rings. The molecule has 0 radical (unpaired) electrons. The Bertz CT molecular complexity index is 1090. The first-order valence-corrected chi connectivity index (χ1v) is 11.8. The minimum absolute atomic E-state index is 0.0171. The SMILES string of the molecule is CCN(CC)S(=O)(=O)c1ccc(C)c(C(=O)OC(C)C(=O)Nc2cc(Cl)ccc2Cl)c1. The molecule has 2 aromatic rings. The Morgan fingerprint density at radius 2 is 1.74 bits per heavy atom. The third-order valence-electron chi connectivity index (χ3n) is 4.61. The van der Waals surface area contributed by atoms with Crippen molar-refractivity contribution in [3.05, 3.63) is 57.6 Å². The van der Waals surface area contributed by atoms with E-state index in [9.17, 15) is 18.0 Å². The molecule has 1 N–H and O–H groups in total. The maximum atomic E-state index is 12.8. The predicted molar refractivity (Wildman–Crippen MR) is 121 cm³/mol. The van der Waals surface area contributed by atoms with Crippen LogP contribution >= 0.6 is 23.2 Å². The first-order chi connectivity index (χ1) is 14.5. The number of carbonyl (C=O) groups is 2. The van der Waals surface area contributed by atoms with Crippen LogP contribution < -0.4 is 5.32 Å². The van der Waals surface area contributed by atoms with Gasteiger partial charge in [-0.3, -0.25) is 4.79 Å². The highest BCUT2D eigenvalue weighted by Gasteiger charge is 2.25. The van der Waals surface area contributed by atoms with Crippen LogP contribution in [0.3, 0.4) is 0 Å². The van der Waals surface area contributed by atoms with Crippen molar-refractivity contribution in [2.24, 2.45) is 0 Å².